The largest absolute Gasteiger partial charge is 0.299 e. The minimum Gasteiger partial charge on any atom is -0.299 e. The van der Waals surface area contributed by atoms with Crippen molar-refractivity contribution in [3.05, 3.63) is 34.9 Å². The number of carbonyl (C=O) groups is 1. The third-order valence-corrected chi connectivity index (χ3v) is 3.63. The molecule has 1 heteroatoms. The van der Waals surface area contributed by atoms with Crippen LogP contribution < -0.4 is 0 Å². The van der Waals surface area contributed by atoms with Gasteiger partial charge in [0.25, 0.3) is 0 Å². The van der Waals surface area contributed by atoms with Crippen LogP contribution in [0.4, 0.5) is 0 Å². The van der Waals surface area contributed by atoms with Crippen molar-refractivity contribution in [3.63, 3.8) is 0 Å². The lowest BCUT2D eigenvalue weighted by atomic mass is 9.90. The van der Waals surface area contributed by atoms with Crippen LogP contribution in [0.15, 0.2) is 18.2 Å². The fourth-order valence-corrected chi connectivity index (χ4v) is 2.21. The number of carbonyl (C=O) groups excluding carboxylic acids is 1. The van der Waals surface area contributed by atoms with Crippen molar-refractivity contribution in [3.8, 4) is 0 Å². The van der Waals surface area contributed by atoms with Gasteiger partial charge in [0.2, 0.25) is 0 Å². The highest BCUT2D eigenvalue weighted by atomic mass is 16.1. The van der Waals surface area contributed by atoms with Crippen LogP contribution in [0.5, 0.6) is 0 Å². The Hall–Kier alpha value is -1.11. The van der Waals surface area contributed by atoms with E-state index in [0.717, 1.165) is 19.3 Å². The van der Waals surface area contributed by atoms with E-state index >= 15 is 0 Å². The maximum Gasteiger partial charge on any atom is 0.136 e. The van der Waals surface area contributed by atoms with E-state index in [1.807, 2.05) is 0 Å². The quantitative estimate of drug-likeness (QED) is 0.735. The summed E-state index contributed by atoms with van der Waals surface area (Å²) in [7, 11) is 0. The topological polar surface area (TPSA) is 17.1 Å². The molecule has 0 aliphatic heterocycles. The van der Waals surface area contributed by atoms with Crippen LogP contribution in [0.25, 0.3) is 0 Å². The zero-order valence-corrected chi connectivity index (χ0v) is 9.76. The van der Waals surface area contributed by atoms with E-state index in [1.54, 1.807) is 6.92 Å². The van der Waals surface area contributed by atoms with Crippen molar-refractivity contribution in [2.24, 2.45) is 5.41 Å². The van der Waals surface area contributed by atoms with Crippen molar-refractivity contribution < 1.29 is 4.79 Å². The van der Waals surface area contributed by atoms with Crippen LogP contribution in [0.3, 0.4) is 0 Å². The fraction of sp³-hybridized carbons (Fsp3) is 0.500. The SMILES string of the molecule is CC(=O)C1(Cc2ccc(C)cc2C)CC1. The molecule has 1 aliphatic rings. The molecule has 0 heterocycles. The van der Waals surface area contributed by atoms with Crippen LogP contribution in [0, 0.1) is 19.3 Å². The summed E-state index contributed by atoms with van der Waals surface area (Å²) in [6, 6.07) is 6.51. The van der Waals surface area contributed by atoms with Gasteiger partial charge in [-0.3, -0.25) is 4.79 Å². The summed E-state index contributed by atoms with van der Waals surface area (Å²) in [4.78, 5) is 11.5. The van der Waals surface area contributed by atoms with E-state index in [9.17, 15) is 4.79 Å². The molecule has 1 aromatic carbocycles. The monoisotopic (exact) mass is 202 g/mol. The standard InChI is InChI=1S/C14H18O/c1-10-4-5-13(11(2)8-10)9-14(6-7-14)12(3)15/h4-5,8H,6-7,9H2,1-3H3. The second-order valence-corrected chi connectivity index (χ2v) is 4.94. The van der Waals surface area contributed by atoms with Gasteiger partial charge in [0.05, 0.1) is 0 Å². The molecule has 1 saturated carbocycles. The van der Waals surface area contributed by atoms with E-state index in [1.165, 1.54) is 16.7 Å². The number of aryl methyl sites for hydroxylation is 2. The molecule has 0 bridgehead atoms. The lowest BCUT2D eigenvalue weighted by Crippen LogP contribution is -2.15. The van der Waals surface area contributed by atoms with E-state index in [2.05, 4.69) is 32.0 Å². The van der Waals surface area contributed by atoms with Gasteiger partial charge in [-0.25, -0.2) is 0 Å². The van der Waals surface area contributed by atoms with E-state index < -0.39 is 0 Å². The molecule has 1 aromatic rings. The van der Waals surface area contributed by atoms with Gasteiger partial charge in [-0.2, -0.15) is 0 Å². The number of hydrogen-bond acceptors (Lipinski definition) is 1. The molecule has 0 saturated heterocycles. The number of benzene rings is 1. The summed E-state index contributed by atoms with van der Waals surface area (Å²) in [5, 5.41) is 0. The van der Waals surface area contributed by atoms with Gasteiger partial charge in [-0.05, 0) is 51.2 Å². The third kappa shape index (κ3) is 1.97. The maximum atomic E-state index is 11.5. The summed E-state index contributed by atoms with van der Waals surface area (Å²) < 4.78 is 0. The van der Waals surface area contributed by atoms with E-state index in [4.69, 9.17) is 0 Å². The Bertz CT molecular complexity index is 400. The van der Waals surface area contributed by atoms with Crippen molar-refractivity contribution >= 4 is 5.78 Å². The molecule has 2 rings (SSSR count). The molecule has 15 heavy (non-hydrogen) atoms. The Kier molecular flexibility index (Phi) is 2.41. The zero-order valence-electron chi connectivity index (χ0n) is 9.76. The lowest BCUT2D eigenvalue weighted by molar-refractivity contribution is -0.121. The summed E-state index contributed by atoms with van der Waals surface area (Å²) in [6.07, 6.45) is 3.10. The van der Waals surface area contributed by atoms with E-state index in [0.29, 0.717) is 5.78 Å². The predicted molar refractivity (Wildman–Crippen MR) is 62.0 cm³/mol. The Morgan fingerprint density at radius 2 is 2.00 bits per heavy atom. The molecule has 0 unspecified atom stereocenters. The zero-order chi connectivity index (χ0) is 11.1. The van der Waals surface area contributed by atoms with Crippen molar-refractivity contribution in [1.29, 1.82) is 0 Å². The molecule has 1 aliphatic carbocycles. The third-order valence-electron chi connectivity index (χ3n) is 3.63. The average Bonchev–Trinajstić information content (AvgIpc) is 2.91. The summed E-state index contributed by atoms with van der Waals surface area (Å²) in [5.74, 6) is 0.363. The van der Waals surface area contributed by atoms with Crippen molar-refractivity contribution in [2.75, 3.05) is 0 Å². The summed E-state index contributed by atoms with van der Waals surface area (Å²) >= 11 is 0. The number of hydrogen-bond donors (Lipinski definition) is 0. The van der Waals surface area contributed by atoms with Gasteiger partial charge in [-0.1, -0.05) is 23.8 Å². The molecule has 80 valence electrons. The smallest absolute Gasteiger partial charge is 0.136 e. The highest BCUT2D eigenvalue weighted by Gasteiger charge is 2.46. The first kappa shape index (κ1) is 10.4. The first-order chi connectivity index (χ1) is 7.03. The summed E-state index contributed by atoms with van der Waals surface area (Å²) in [6.45, 7) is 5.98. The highest BCUT2D eigenvalue weighted by Crippen LogP contribution is 2.49. The number of Topliss-reactive ketones (excluding diaryl/α,β-unsaturated/α-hetero) is 1. The lowest BCUT2D eigenvalue weighted by Gasteiger charge is -2.13. The highest BCUT2D eigenvalue weighted by molar-refractivity contribution is 5.85. The van der Waals surface area contributed by atoms with Crippen LogP contribution in [0.2, 0.25) is 0 Å². The maximum absolute atomic E-state index is 11.5. The van der Waals surface area contributed by atoms with Crippen molar-refractivity contribution in [2.45, 2.75) is 40.0 Å². The minimum atomic E-state index is 0.0000180. The Labute approximate surface area is 91.5 Å². The molecule has 0 spiro atoms. The normalized spacial score (nSPS) is 17.5. The van der Waals surface area contributed by atoms with Gasteiger partial charge in [0, 0.05) is 5.41 Å². The Morgan fingerprint density at radius 1 is 1.33 bits per heavy atom. The van der Waals surface area contributed by atoms with Crippen LogP contribution >= 0.6 is 0 Å². The molecule has 0 amide bonds. The molecule has 1 fully saturated rings. The molecule has 0 atom stereocenters. The number of rotatable bonds is 3. The predicted octanol–water partition coefficient (Wildman–Crippen LogP) is 3.22. The second kappa shape index (κ2) is 3.48. The molecule has 0 N–H and O–H groups in total. The van der Waals surface area contributed by atoms with Gasteiger partial charge in [0.15, 0.2) is 0 Å². The van der Waals surface area contributed by atoms with Crippen LogP contribution in [0.1, 0.15) is 36.5 Å². The Balaban J connectivity index is 2.21. The summed E-state index contributed by atoms with van der Waals surface area (Å²) in [5.41, 5.74) is 3.96. The first-order valence-electron chi connectivity index (χ1n) is 5.61. The molecule has 0 radical (unpaired) electrons. The van der Waals surface area contributed by atoms with Gasteiger partial charge in [-0.15, -0.1) is 0 Å². The number of ketones is 1. The van der Waals surface area contributed by atoms with Gasteiger partial charge >= 0.3 is 0 Å². The van der Waals surface area contributed by atoms with Crippen molar-refractivity contribution in [1.82, 2.24) is 0 Å². The van der Waals surface area contributed by atoms with Gasteiger partial charge in [0.1, 0.15) is 5.78 Å². The van der Waals surface area contributed by atoms with Crippen LogP contribution in [-0.4, -0.2) is 5.78 Å². The Morgan fingerprint density at radius 3 is 2.47 bits per heavy atom. The fourth-order valence-electron chi connectivity index (χ4n) is 2.21. The van der Waals surface area contributed by atoms with Crippen LogP contribution in [-0.2, 0) is 11.2 Å². The average molecular weight is 202 g/mol. The molecule has 0 aromatic heterocycles. The first-order valence-corrected chi connectivity index (χ1v) is 5.61. The van der Waals surface area contributed by atoms with E-state index in [-0.39, 0.29) is 5.41 Å². The molecular formula is C14H18O. The molecular weight excluding hydrogens is 184 g/mol. The minimum absolute atomic E-state index is 0.0000180. The van der Waals surface area contributed by atoms with Gasteiger partial charge < -0.3 is 0 Å². The second-order valence-electron chi connectivity index (χ2n) is 4.94. The molecule has 1 nitrogen and oxygen atoms in total.